The molecule has 0 spiro atoms. The average molecular weight is 340 g/mol. The molecule has 2 atom stereocenters. The molecule has 6 N–H and O–H groups in total. The number of hydrogen-bond donors (Lipinski definition) is 4. The summed E-state index contributed by atoms with van der Waals surface area (Å²) in [5.41, 5.74) is 11.1. The van der Waals surface area contributed by atoms with Gasteiger partial charge in [-0.2, -0.15) is 0 Å². The van der Waals surface area contributed by atoms with Crippen molar-refractivity contribution in [3.8, 4) is 0 Å². The number of ketones is 1. The maximum absolute atomic E-state index is 12.3. The fourth-order valence-electron chi connectivity index (χ4n) is 3.28. The summed E-state index contributed by atoms with van der Waals surface area (Å²) in [6.07, 6.45) is 6.59. The summed E-state index contributed by atoms with van der Waals surface area (Å²) in [5, 5.41) is 5.23. The molecule has 0 aromatic rings. The fourth-order valence-corrected chi connectivity index (χ4v) is 3.28. The number of rotatable bonds is 11. The highest BCUT2D eigenvalue weighted by Gasteiger charge is 2.25. The van der Waals surface area contributed by atoms with Crippen LogP contribution >= 0.6 is 0 Å². The highest BCUT2D eigenvalue weighted by atomic mass is 16.2. The van der Waals surface area contributed by atoms with Gasteiger partial charge < -0.3 is 22.1 Å². The first kappa shape index (κ1) is 20.6. The van der Waals surface area contributed by atoms with Gasteiger partial charge in [0, 0.05) is 18.9 Å². The normalized spacial score (nSPS) is 17.3. The average Bonchev–Trinajstić information content (AvgIpc) is 3.09. The van der Waals surface area contributed by atoms with Crippen LogP contribution in [0.4, 0.5) is 0 Å². The summed E-state index contributed by atoms with van der Waals surface area (Å²) in [6.45, 7) is 2.10. The molecular weight excluding hydrogens is 308 g/mol. The van der Waals surface area contributed by atoms with Crippen LogP contribution in [0.3, 0.4) is 0 Å². The van der Waals surface area contributed by atoms with Crippen molar-refractivity contribution in [2.45, 2.75) is 57.9 Å². The van der Waals surface area contributed by atoms with Crippen LogP contribution in [-0.2, 0) is 14.4 Å². The lowest BCUT2D eigenvalue weighted by Gasteiger charge is -2.20. The first-order valence-corrected chi connectivity index (χ1v) is 9.01. The van der Waals surface area contributed by atoms with E-state index >= 15 is 0 Å². The summed E-state index contributed by atoms with van der Waals surface area (Å²) in [5.74, 6) is -0.195. The summed E-state index contributed by atoms with van der Waals surface area (Å²) in [4.78, 5) is 35.8. The van der Waals surface area contributed by atoms with E-state index < -0.39 is 11.9 Å². The Kier molecular flexibility index (Phi) is 9.56. The maximum atomic E-state index is 12.3. The molecule has 7 nitrogen and oxygen atoms in total. The predicted octanol–water partition coefficient (Wildman–Crippen LogP) is 0.0705. The molecule has 0 heterocycles. The quantitative estimate of drug-likeness (QED) is 0.423. The molecule has 2 amide bonds. The van der Waals surface area contributed by atoms with Crippen molar-refractivity contribution >= 4 is 17.6 Å². The Morgan fingerprint density at radius 3 is 2.38 bits per heavy atom. The zero-order chi connectivity index (χ0) is 17.9. The molecule has 1 saturated carbocycles. The first-order valence-electron chi connectivity index (χ1n) is 9.01. The number of carbonyl (C=O) groups excluding carboxylic acids is 3. The van der Waals surface area contributed by atoms with E-state index in [-0.39, 0.29) is 30.7 Å². The largest absolute Gasteiger partial charge is 0.347 e. The third-order valence-corrected chi connectivity index (χ3v) is 4.71. The van der Waals surface area contributed by atoms with Crippen LogP contribution in [0.5, 0.6) is 0 Å². The van der Waals surface area contributed by atoms with Crippen LogP contribution < -0.4 is 22.1 Å². The molecule has 1 aliphatic rings. The maximum Gasteiger partial charge on any atom is 0.240 e. The van der Waals surface area contributed by atoms with Crippen molar-refractivity contribution < 1.29 is 14.4 Å². The Balaban J connectivity index is 2.42. The molecule has 0 saturated heterocycles. The molecule has 1 rings (SSSR count). The zero-order valence-corrected chi connectivity index (χ0v) is 14.7. The lowest BCUT2D eigenvalue weighted by molar-refractivity contribution is -0.130. The van der Waals surface area contributed by atoms with Crippen molar-refractivity contribution in [3.63, 3.8) is 0 Å². The van der Waals surface area contributed by atoms with Crippen LogP contribution in [0.2, 0.25) is 0 Å². The van der Waals surface area contributed by atoms with E-state index in [9.17, 15) is 14.4 Å². The van der Waals surface area contributed by atoms with Gasteiger partial charge in [0.25, 0.3) is 0 Å². The molecular formula is C17H32N4O3. The second-order valence-corrected chi connectivity index (χ2v) is 6.55. The van der Waals surface area contributed by atoms with Crippen molar-refractivity contribution in [1.29, 1.82) is 0 Å². The topological polar surface area (TPSA) is 127 Å². The van der Waals surface area contributed by atoms with E-state index in [1.165, 1.54) is 25.7 Å². The summed E-state index contributed by atoms with van der Waals surface area (Å²) in [6, 6.07) is -0.683. The summed E-state index contributed by atoms with van der Waals surface area (Å²) in [7, 11) is 0. The Hall–Kier alpha value is -1.47. The number of amides is 2. The van der Waals surface area contributed by atoms with Crippen molar-refractivity contribution in [2.75, 3.05) is 19.6 Å². The SMILES string of the molecule is CCC(=O)C(CN)NC(=O)CNC(=O)C(CCN)CC1CCCC1. The Labute approximate surface area is 144 Å². The Bertz CT molecular complexity index is 422. The van der Waals surface area contributed by atoms with E-state index in [1.807, 2.05) is 0 Å². The van der Waals surface area contributed by atoms with Crippen molar-refractivity contribution in [3.05, 3.63) is 0 Å². The van der Waals surface area contributed by atoms with Gasteiger partial charge in [-0.05, 0) is 25.3 Å². The second-order valence-electron chi connectivity index (χ2n) is 6.55. The second kappa shape index (κ2) is 11.1. The van der Waals surface area contributed by atoms with Gasteiger partial charge in [-0.15, -0.1) is 0 Å². The zero-order valence-electron chi connectivity index (χ0n) is 14.7. The minimum absolute atomic E-state index is 0.0594. The van der Waals surface area contributed by atoms with Gasteiger partial charge in [-0.25, -0.2) is 0 Å². The monoisotopic (exact) mass is 340 g/mol. The summed E-state index contributed by atoms with van der Waals surface area (Å²) >= 11 is 0. The van der Waals surface area contributed by atoms with Gasteiger partial charge >= 0.3 is 0 Å². The highest BCUT2D eigenvalue weighted by Crippen LogP contribution is 2.31. The Morgan fingerprint density at radius 2 is 1.83 bits per heavy atom. The van der Waals surface area contributed by atoms with E-state index in [1.54, 1.807) is 6.92 Å². The van der Waals surface area contributed by atoms with Gasteiger partial charge in [0.05, 0.1) is 12.6 Å². The minimum atomic E-state index is -0.683. The molecule has 7 heteroatoms. The highest BCUT2D eigenvalue weighted by molar-refractivity contribution is 5.91. The van der Waals surface area contributed by atoms with Gasteiger partial charge in [-0.3, -0.25) is 14.4 Å². The lowest BCUT2D eigenvalue weighted by Crippen LogP contribution is -2.49. The van der Waals surface area contributed by atoms with E-state index in [0.29, 0.717) is 25.3 Å². The molecule has 138 valence electrons. The fraction of sp³-hybridized carbons (Fsp3) is 0.824. The number of carbonyl (C=O) groups is 3. The van der Waals surface area contributed by atoms with E-state index in [0.717, 1.165) is 6.42 Å². The van der Waals surface area contributed by atoms with E-state index in [4.69, 9.17) is 11.5 Å². The molecule has 0 aliphatic heterocycles. The Morgan fingerprint density at radius 1 is 1.17 bits per heavy atom. The predicted molar refractivity (Wildman–Crippen MR) is 93.0 cm³/mol. The summed E-state index contributed by atoms with van der Waals surface area (Å²) < 4.78 is 0. The van der Waals surface area contributed by atoms with Gasteiger partial charge in [0.15, 0.2) is 5.78 Å². The molecule has 0 aromatic carbocycles. The first-order chi connectivity index (χ1) is 11.5. The van der Waals surface area contributed by atoms with Gasteiger partial charge in [-0.1, -0.05) is 32.6 Å². The smallest absolute Gasteiger partial charge is 0.240 e. The molecule has 1 fully saturated rings. The van der Waals surface area contributed by atoms with Crippen molar-refractivity contribution in [1.82, 2.24) is 10.6 Å². The third kappa shape index (κ3) is 6.97. The standard InChI is InChI=1S/C17H32N4O3/c1-2-15(22)14(10-19)21-16(23)11-20-17(24)13(7-8-18)9-12-5-3-4-6-12/h12-14H,2-11,18-19H2,1H3,(H,20,24)(H,21,23). The van der Waals surface area contributed by atoms with Crippen LogP contribution in [0.15, 0.2) is 0 Å². The third-order valence-electron chi connectivity index (χ3n) is 4.71. The van der Waals surface area contributed by atoms with Crippen LogP contribution in [0.25, 0.3) is 0 Å². The molecule has 24 heavy (non-hydrogen) atoms. The number of hydrogen-bond acceptors (Lipinski definition) is 5. The number of nitrogens with two attached hydrogens (primary N) is 2. The minimum Gasteiger partial charge on any atom is -0.347 e. The number of Topliss-reactive ketones (excluding diaryl/α,β-unsaturated/α-hetero) is 1. The molecule has 0 aromatic heterocycles. The van der Waals surface area contributed by atoms with Crippen LogP contribution in [0.1, 0.15) is 51.9 Å². The molecule has 0 radical (unpaired) electrons. The molecule has 2 unspecified atom stereocenters. The molecule has 0 bridgehead atoms. The number of nitrogens with one attached hydrogen (secondary N) is 2. The lowest BCUT2D eigenvalue weighted by atomic mass is 9.90. The van der Waals surface area contributed by atoms with Crippen LogP contribution in [-0.4, -0.2) is 43.3 Å². The van der Waals surface area contributed by atoms with Crippen LogP contribution in [0, 0.1) is 11.8 Å². The van der Waals surface area contributed by atoms with Crippen molar-refractivity contribution in [2.24, 2.45) is 23.3 Å². The van der Waals surface area contributed by atoms with Gasteiger partial charge in [0.1, 0.15) is 0 Å². The van der Waals surface area contributed by atoms with Gasteiger partial charge in [0.2, 0.25) is 11.8 Å². The molecule has 1 aliphatic carbocycles. The van der Waals surface area contributed by atoms with E-state index in [2.05, 4.69) is 10.6 Å².